The van der Waals surface area contributed by atoms with E-state index in [1.807, 2.05) is 6.92 Å². The minimum Gasteiger partial charge on any atom is -0.396 e. The van der Waals surface area contributed by atoms with Crippen LogP contribution < -0.4 is 5.32 Å². The van der Waals surface area contributed by atoms with Crippen molar-refractivity contribution in [2.75, 3.05) is 26.3 Å². The van der Waals surface area contributed by atoms with Gasteiger partial charge in [0.1, 0.15) is 0 Å². The van der Waals surface area contributed by atoms with Gasteiger partial charge in [-0.1, -0.05) is 33.6 Å². The summed E-state index contributed by atoms with van der Waals surface area (Å²) in [5, 5.41) is 22.1. The second-order valence-electron chi connectivity index (χ2n) is 7.04. The summed E-state index contributed by atoms with van der Waals surface area (Å²) in [6, 6.07) is 0. The zero-order chi connectivity index (χ0) is 13.6. The van der Waals surface area contributed by atoms with E-state index in [-0.39, 0.29) is 13.2 Å². The lowest BCUT2D eigenvalue weighted by atomic mass is 9.78. The highest BCUT2D eigenvalue weighted by Gasteiger charge is 2.34. The highest BCUT2D eigenvalue weighted by Crippen LogP contribution is 2.42. The molecule has 1 aliphatic rings. The lowest BCUT2D eigenvalue weighted by Gasteiger charge is -2.33. The number of hydrogen-bond acceptors (Lipinski definition) is 3. The average Bonchev–Trinajstić information content (AvgIpc) is 2.76. The summed E-state index contributed by atoms with van der Waals surface area (Å²) in [5.74, 6) is 0.743. The zero-order valence-corrected chi connectivity index (χ0v) is 12.3. The molecule has 1 rings (SSSR count). The van der Waals surface area contributed by atoms with Crippen molar-refractivity contribution in [3.8, 4) is 0 Å². The molecule has 108 valence electrons. The third-order valence-corrected chi connectivity index (χ3v) is 4.32. The van der Waals surface area contributed by atoms with Crippen LogP contribution in [0.3, 0.4) is 0 Å². The Morgan fingerprint density at radius 2 is 1.72 bits per heavy atom. The van der Waals surface area contributed by atoms with Crippen molar-refractivity contribution in [1.82, 2.24) is 5.32 Å². The first-order valence-corrected chi connectivity index (χ1v) is 7.38. The van der Waals surface area contributed by atoms with Crippen LogP contribution >= 0.6 is 0 Å². The summed E-state index contributed by atoms with van der Waals surface area (Å²) < 4.78 is 0. The summed E-state index contributed by atoms with van der Waals surface area (Å²) in [6.45, 7) is 8.31. The monoisotopic (exact) mass is 257 g/mol. The fraction of sp³-hybridized carbons (Fsp3) is 1.00. The lowest BCUT2D eigenvalue weighted by Crippen LogP contribution is -2.42. The van der Waals surface area contributed by atoms with Gasteiger partial charge in [-0.2, -0.15) is 0 Å². The van der Waals surface area contributed by atoms with Gasteiger partial charge in [-0.05, 0) is 30.6 Å². The van der Waals surface area contributed by atoms with Crippen LogP contribution in [-0.2, 0) is 0 Å². The van der Waals surface area contributed by atoms with Gasteiger partial charge in [0.2, 0.25) is 0 Å². The van der Waals surface area contributed by atoms with Crippen molar-refractivity contribution < 1.29 is 10.2 Å². The van der Waals surface area contributed by atoms with Gasteiger partial charge in [0, 0.05) is 18.5 Å². The van der Waals surface area contributed by atoms with Crippen molar-refractivity contribution >= 4 is 0 Å². The molecule has 18 heavy (non-hydrogen) atoms. The maximum Gasteiger partial charge on any atom is 0.0518 e. The molecule has 1 aliphatic carbocycles. The second-order valence-corrected chi connectivity index (χ2v) is 7.04. The molecule has 0 aromatic carbocycles. The summed E-state index contributed by atoms with van der Waals surface area (Å²) in [5.41, 5.74) is 0.0671. The first-order chi connectivity index (χ1) is 8.45. The van der Waals surface area contributed by atoms with E-state index in [0.29, 0.717) is 12.0 Å². The third-order valence-electron chi connectivity index (χ3n) is 4.32. The predicted octanol–water partition coefficient (Wildman–Crippen LogP) is 2.17. The van der Waals surface area contributed by atoms with Gasteiger partial charge in [0.05, 0.1) is 13.2 Å². The van der Waals surface area contributed by atoms with Gasteiger partial charge in [0.15, 0.2) is 0 Å². The SMILES string of the molecule is CC(C)CC1(CNCC(C)(CO)CO)CCCC1. The van der Waals surface area contributed by atoms with Gasteiger partial charge in [0.25, 0.3) is 0 Å². The van der Waals surface area contributed by atoms with Crippen LogP contribution in [0.1, 0.15) is 52.9 Å². The highest BCUT2D eigenvalue weighted by molar-refractivity contribution is 4.88. The van der Waals surface area contributed by atoms with Crippen LogP contribution in [-0.4, -0.2) is 36.5 Å². The number of rotatable bonds is 8. The van der Waals surface area contributed by atoms with Gasteiger partial charge in [-0.25, -0.2) is 0 Å². The van der Waals surface area contributed by atoms with Crippen LogP contribution in [0.2, 0.25) is 0 Å². The number of aliphatic hydroxyl groups excluding tert-OH is 2. The summed E-state index contributed by atoms with van der Waals surface area (Å²) in [7, 11) is 0. The minimum atomic E-state index is -0.391. The standard InChI is InChI=1S/C15H31NO2/c1-13(2)8-15(6-4-5-7-15)10-16-9-14(3,11-17)12-18/h13,16-18H,4-12H2,1-3H3. The molecule has 0 bridgehead atoms. The average molecular weight is 257 g/mol. The molecule has 0 spiro atoms. The van der Waals surface area contributed by atoms with Crippen molar-refractivity contribution in [1.29, 1.82) is 0 Å². The first kappa shape index (κ1) is 15.9. The summed E-state index contributed by atoms with van der Waals surface area (Å²) >= 11 is 0. The normalized spacial score (nSPS) is 19.7. The molecule has 0 aromatic rings. The Kier molecular flexibility index (Phi) is 6.09. The molecule has 3 N–H and O–H groups in total. The maximum atomic E-state index is 9.29. The first-order valence-electron chi connectivity index (χ1n) is 7.38. The van der Waals surface area contributed by atoms with Crippen LogP contribution in [0, 0.1) is 16.7 Å². The van der Waals surface area contributed by atoms with E-state index in [1.54, 1.807) is 0 Å². The predicted molar refractivity (Wildman–Crippen MR) is 75.5 cm³/mol. The van der Waals surface area contributed by atoms with E-state index in [0.717, 1.165) is 12.5 Å². The Balaban J connectivity index is 2.43. The molecule has 0 heterocycles. The minimum absolute atomic E-state index is 0.0354. The van der Waals surface area contributed by atoms with Crippen molar-refractivity contribution in [2.24, 2.45) is 16.7 Å². The molecule has 0 aromatic heterocycles. The third kappa shape index (κ3) is 4.52. The Morgan fingerprint density at radius 3 is 2.17 bits per heavy atom. The van der Waals surface area contributed by atoms with E-state index >= 15 is 0 Å². The quantitative estimate of drug-likeness (QED) is 0.624. The van der Waals surface area contributed by atoms with E-state index < -0.39 is 5.41 Å². The molecule has 1 fully saturated rings. The summed E-state index contributed by atoms with van der Waals surface area (Å²) in [4.78, 5) is 0. The van der Waals surface area contributed by atoms with Gasteiger partial charge in [-0.3, -0.25) is 0 Å². The van der Waals surface area contributed by atoms with Gasteiger partial charge < -0.3 is 15.5 Å². The highest BCUT2D eigenvalue weighted by atomic mass is 16.3. The maximum absolute atomic E-state index is 9.29. The molecular formula is C15H31NO2. The summed E-state index contributed by atoms with van der Waals surface area (Å²) in [6.07, 6.45) is 6.65. The fourth-order valence-electron chi connectivity index (χ4n) is 3.24. The largest absolute Gasteiger partial charge is 0.396 e. The fourth-order valence-corrected chi connectivity index (χ4v) is 3.24. The molecule has 1 saturated carbocycles. The van der Waals surface area contributed by atoms with E-state index in [9.17, 15) is 10.2 Å². The molecule has 3 heteroatoms. The number of hydrogen-bond donors (Lipinski definition) is 3. The molecule has 0 radical (unpaired) electrons. The van der Waals surface area contributed by atoms with Crippen LogP contribution in [0.5, 0.6) is 0 Å². The van der Waals surface area contributed by atoms with E-state index in [1.165, 1.54) is 32.1 Å². The van der Waals surface area contributed by atoms with Crippen molar-refractivity contribution in [3.63, 3.8) is 0 Å². The number of nitrogens with one attached hydrogen (secondary N) is 1. The lowest BCUT2D eigenvalue weighted by molar-refractivity contribution is 0.0657. The Bertz CT molecular complexity index is 231. The van der Waals surface area contributed by atoms with Gasteiger partial charge >= 0.3 is 0 Å². The van der Waals surface area contributed by atoms with Crippen molar-refractivity contribution in [2.45, 2.75) is 52.9 Å². The van der Waals surface area contributed by atoms with Crippen LogP contribution in [0.4, 0.5) is 0 Å². The van der Waals surface area contributed by atoms with Crippen LogP contribution in [0.25, 0.3) is 0 Å². The molecule has 0 aliphatic heterocycles. The molecule has 0 atom stereocenters. The molecule has 0 saturated heterocycles. The van der Waals surface area contributed by atoms with E-state index in [2.05, 4.69) is 19.2 Å². The smallest absolute Gasteiger partial charge is 0.0518 e. The molecule has 0 amide bonds. The van der Waals surface area contributed by atoms with Crippen molar-refractivity contribution in [3.05, 3.63) is 0 Å². The molecule has 0 unspecified atom stereocenters. The zero-order valence-electron chi connectivity index (χ0n) is 12.3. The second kappa shape index (κ2) is 6.88. The topological polar surface area (TPSA) is 52.5 Å². The van der Waals surface area contributed by atoms with Crippen LogP contribution in [0.15, 0.2) is 0 Å². The number of aliphatic hydroxyl groups is 2. The van der Waals surface area contributed by atoms with Gasteiger partial charge in [-0.15, -0.1) is 0 Å². The Hall–Kier alpha value is -0.120. The Labute approximate surface area is 112 Å². The Morgan fingerprint density at radius 1 is 1.17 bits per heavy atom. The van der Waals surface area contributed by atoms with E-state index in [4.69, 9.17) is 0 Å². The molecular weight excluding hydrogens is 226 g/mol. The molecule has 3 nitrogen and oxygen atoms in total.